The third-order valence-electron chi connectivity index (χ3n) is 7.60. The van der Waals surface area contributed by atoms with E-state index in [0.717, 1.165) is 44.9 Å². The van der Waals surface area contributed by atoms with Crippen LogP contribution in [-0.2, 0) is 0 Å². The van der Waals surface area contributed by atoms with Crippen molar-refractivity contribution in [1.29, 1.82) is 0 Å². The van der Waals surface area contributed by atoms with Gasteiger partial charge in [0.1, 0.15) is 17.3 Å². The Morgan fingerprint density at radius 2 is 1.13 bits per heavy atom. The molecule has 6 rings (SSSR count). The molecule has 4 aromatic rings. The fourth-order valence-corrected chi connectivity index (χ4v) is 5.56. The smallest absolute Gasteiger partial charge is 0.143 e. The summed E-state index contributed by atoms with van der Waals surface area (Å²) in [5.41, 5.74) is 12.4. The number of hydrogen-bond acceptors (Lipinski definition) is 1. The Balaban J connectivity index is 1.75. The molecule has 3 aromatic carbocycles. The molecule has 0 saturated carbocycles. The highest BCUT2D eigenvalue weighted by molar-refractivity contribution is 6.05. The normalized spacial score (nSPS) is 11.4. The molecule has 0 N–H and O–H groups in total. The van der Waals surface area contributed by atoms with Crippen molar-refractivity contribution in [3.05, 3.63) is 132 Å². The van der Waals surface area contributed by atoms with Crippen LogP contribution in [0.15, 0.2) is 114 Å². The van der Waals surface area contributed by atoms with Gasteiger partial charge in [-0.1, -0.05) is 98.8 Å². The van der Waals surface area contributed by atoms with Gasteiger partial charge in [-0.15, -0.1) is 0 Å². The van der Waals surface area contributed by atoms with Gasteiger partial charge in [0.25, 0.3) is 0 Å². The van der Waals surface area contributed by atoms with Crippen molar-refractivity contribution < 1.29 is 8.81 Å². The van der Waals surface area contributed by atoms with Gasteiger partial charge >= 0.3 is 0 Å². The molecule has 0 unspecified atom stereocenters. The Hall–Kier alpha value is -4.43. The lowest BCUT2D eigenvalue weighted by molar-refractivity contribution is 0.597. The highest BCUT2D eigenvalue weighted by Crippen LogP contribution is 2.52. The van der Waals surface area contributed by atoms with Crippen molar-refractivity contribution in [3.63, 3.8) is 0 Å². The molecule has 0 saturated heterocycles. The van der Waals surface area contributed by atoms with Crippen LogP contribution >= 0.6 is 0 Å². The van der Waals surface area contributed by atoms with Crippen molar-refractivity contribution in [1.82, 2.24) is 0 Å². The summed E-state index contributed by atoms with van der Waals surface area (Å²) in [4.78, 5) is 0. The third-order valence-corrected chi connectivity index (χ3v) is 7.60. The summed E-state index contributed by atoms with van der Waals surface area (Å²) in [6.45, 7) is 8.84. The molecule has 0 spiro atoms. The van der Waals surface area contributed by atoms with E-state index in [9.17, 15) is 4.39 Å². The third kappa shape index (κ3) is 4.46. The van der Waals surface area contributed by atoms with Gasteiger partial charge in [-0.05, 0) is 83.0 Å². The Labute approximate surface area is 229 Å². The Morgan fingerprint density at radius 3 is 1.77 bits per heavy atom. The fourth-order valence-electron chi connectivity index (χ4n) is 5.56. The molecule has 1 heterocycles. The summed E-state index contributed by atoms with van der Waals surface area (Å²) < 4.78 is 20.8. The van der Waals surface area contributed by atoms with E-state index in [-0.39, 0.29) is 5.82 Å². The minimum absolute atomic E-state index is 0.267. The van der Waals surface area contributed by atoms with Crippen LogP contribution in [0.5, 0.6) is 0 Å². The van der Waals surface area contributed by atoms with Gasteiger partial charge in [-0.25, -0.2) is 4.39 Å². The zero-order valence-corrected chi connectivity index (χ0v) is 22.8. The first-order chi connectivity index (χ1) is 18.9. The summed E-state index contributed by atoms with van der Waals surface area (Å²) in [7, 11) is 0. The second kappa shape index (κ2) is 10.0. The average molecular weight is 511 g/mol. The minimum atomic E-state index is -0.267. The van der Waals surface area contributed by atoms with E-state index in [2.05, 4.69) is 88.4 Å². The van der Waals surface area contributed by atoms with Crippen LogP contribution in [-0.4, -0.2) is 0 Å². The molecule has 0 bridgehead atoms. The number of halogens is 1. The first-order valence-electron chi connectivity index (χ1n) is 13.5. The zero-order valence-electron chi connectivity index (χ0n) is 22.8. The summed E-state index contributed by atoms with van der Waals surface area (Å²) in [6, 6.07) is 36.4. The summed E-state index contributed by atoms with van der Waals surface area (Å²) >= 11 is 0. The molecule has 1 nitrogen and oxygen atoms in total. The molecule has 0 atom stereocenters. The van der Waals surface area contributed by atoms with Crippen LogP contribution in [0.4, 0.5) is 4.39 Å². The molecule has 39 heavy (non-hydrogen) atoms. The highest BCUT2D eigenvalue weighted by Gasteiger charge is 2.29. The lowest BCUT2D eigenvalue weighted by atomic mass is 9.89. The highest BCUT2D eigenvalue weighted by atomic mass is 19.1. The van der Waals surface area contributed by atoms with Gasteiger partial charge in [0, 0.05) is 22.3 Å². The van der Waals surface area contributed by atoms with E-state index in [1.807, 2.05) is 36.4 Å². The molecule has 192 valence electrons. The van der Waals surface area contributed by atoms with Crippen LogP contribution in [0.3, 0.4) is 0 Å². The first kappa shape index (κ1) is 24.9. The summed E-state index contributed by atoms with van der Waals surface area (Å²) in [5, 5.41) is 0. The van der Waals surface area contributed by atoms with Crippen molar-refractivity contribution in [2.45, 2.75) is 33.6 Å². The van der Waals surface area contributed by atoms with E-state index in [1.54, 1.807) is 0 Å². The zero-order chi connectivity index (χ0) is 27.1. The van der Waals surface area contributed by atoms with Gasteiger partial charge in [0.2, 0.25) is 0 Å². The van der Waals surface area contributed by atoms with E-state index < -0.39 is 0 Å². The molecule has 0 radical (unpaired) electrons. The number of fused-ring (bicyclic) bond motifs is 1. The van der Waals surface area contributed by atoms with Crippen molar-refractivity contribution in [2.75, 3.05) is 0 Å². The van der Waals surface area contributed by atoms with Crippen molar-refractivity contribution >= 4 is 0 Å². The minimum Gasteiger partial charge on any atom is -0.455 e. The number of aryl methyl sites for hydroxylation is 2. The monoisotopic (exact) mass is 510 g/mol. The maximum atomic E-state index is 14.0. The van der Waals surface area contributed by atoms with Crippen LogP contribution in [0, 0.1) is 19.7 Å². The fraction of sp³-hybridized carbons (Fsp3) is 0.135. The largest absolute Gasteiger partial charge is 0.455 e. The van der Waals surface area contributed by atoms with Gasteiger partial charge < -0.3 is 4.42 Å². The van der Waals surface area contributed by atoms with E-state index >= 15 is 0 Å². The van der Waals surface area contributed by atoms with Crippen LogP contribution < -0.4 is 0 Å². The molecule has 2 aliphatic rings. The lowest BCUT2D eigenvalue weighted by Gasteiger charge is -2.11. The second-order valence-electron chi connectivity index (χ2n) is 10.6. The number of hydrogen-bond donors (Lipinski definition) is 0. The van der Waals surface area contributed by atoms with Gasteiger partial charge in [-0.3, -0.25) is 0 Å². The van der Waals surface area contributed by atoms with Crippen molar-refractivity contribution in [2.24, 2.45) is 0 Å². The summed E-state index contributed by atoms with van der Waals surface area (Å²) in [5.74, 6) is 1.71. The number of benzene rings is 3. The molecule has 0 aliphatic heterocycles. The van der Waals surface area contributed by atoms with Crippen LogP contribution in [0.2, 0.25) is 0 Å². The maximum absolute atomic E-state index is 14.0. The standard InChI is InChI=1S/C37H31FO/c1-23(2)29-16-15-24(3)33-31(22-29)25(4)21-32(33)35-34(26-11-7-5-8-12-26)36(27-13-9-6-10-14-27)39-37(35)28-17-19-30(38)20-18-28/h5-23H,1-4H3. The molecule has 2 heteroatoms. The predicted molar refractivity (Wildman–Crippen MR) is 161 cm³/mol. The van der Waals surface area contributed by atoms with Gasteiger partial charge in [-0.2, -0.15) is 0 Å². The van der Waals surface area contributed by atoms with Gasteiger partial charge in [0.05, 0.1) is 0 Å². The molecule has 1 aromatic heterocycles. The van der Waals surface area contributed by atoms with E-state index in [4.69, 9.17) is 4.42 Å². The predicted octanol–water partition coefficient (Wildman–Crippen LogP) is 10.9. The molecular weight excluding hydrogens is 479 g/mol. The number of rotatable bonds is 5. The average Bonchev–Trinajstić information content (AvgIpc) is 3.43. The molecule has 0 amide bonds. The maximum Gasteiger partial charge on any atom is 0.143 e. The SMILES string of the molecule is Cc1cc(-c2c(-c3ccc(F)cc3)oc(-c3ccccc3)c2-c2ccccc2)c2c(C)ccc(C(C)C)cc1-2. The molecular formula is C37H31FO. The quantitative estimate of drug-likeness (QED) is 0.225. The summed E-state index contributed by atoms with van der Waals surface area (Å²) in [6.07, 6.45) is 0. The van der Waals surface area contributed by atoms with Gasteiger partial charge in [0.15, 0.2) is 0 Å². The van der Waals surface area contributed by atoms with Crippen molar-refractivity contribution in [3.8, 4) is 56.0 Å². The Kier molecular flexibility index (Phi) is 6.40. The van der Waals surface area contributed by atoms with E-state index in [0.29, 0.717) is 5.92 Å². The second-order valence-corrected chi connectivity index (χ2v) is 10.6. The van der Waals surface area contributed by atoms with Crippen LogP contribution in [0.1, 0.15) is 36.5 Å². The first-order valence-corrected chi connectivity index (χ1v) is 13.5. The topological polar surface area (TPSA) is 13.1 Å². The molecule has 0 fully saturated rings. The Morgan fingerprint density at radius 1 is 0.538 bits per heavy atom. The number of furan rings is 1. The molecule has 2 aliphatic carbocycles. The van der Waals surface area contributed by atoms with Crippen LogP contribution in [0.25, 0.3) is 56.0 Å². The Bertz CT molecular complexity index is 1730. The lowest BCUT2D eigenvalue weighted by Crippen LogP contribution is -1.88. The van der Waals surface area contributed by atoms with E-state index in [1.165, 1.54) is 39.9 Å².